The molecule has 59 heavy (non-hydrogen) atoms. The third-order valence-electron chi connectivity index (χ3n) is 10.2. The molecule has 5 aromatic carbocycles. The van der Waals surface area contributed by atoms with Gasteiger partial charge in [-0.2, -0.15) is 0 Å². The van der Waals surface area contributed by atoms with Gasteiger partial charge in [0, 0.05) is 5.92 Å². The van der Waals surface area contributed by atoms with Gasteiger partial charge in [0.2, 0.25) is 23.6 Å². The number of ether oxygens (including phenoxy) is 1. The van der Waals surface area contributed by atoms with Gasteiger partial charge in [-0.1, -0.05) is 140 Å². The van der Waals surface area contributed by atoms with Gasteiger partial charge in [0.15, 0.2) is 0 Å². The first-order chi connectivity index (χ1) is 28.5. The Balaban J connectivity index is 1.11. The summed E-state index contributed by atoms with van der Waals surface area (Å²) in [5.41, 5.74) is 5.13. The van der Waals surface area contributed by atoms with Gasteiger partial charge in [0.05, 0.1) is 6.42 Å². The fraction of sp³-hybridized carbons (Fsp3) is 0.217. The van der Waals surface area contributed by atoms with E-state index in [4.69, 9.17) is 4.74 Å². The van der Waals surface area contributed by atoms with Crippen molar-refractivity contribution in [2.45, 2.75) is 49.9 Å². The molecule has 0 saturated carbocycles. The van der Waals surface area contributed by atoms with Crippen LogP contribution in [-0.2, 0) is 34.2 Å². The van der Waals surface area contributed by atoms with Crippen molar-refractivity contribution in [3.05, 3.63) is 167 Å². The Labute approximate surface area is 341 Å². The van der Waals surface area contributed by atoms with Crippen LogP contribution >= 0.6 is 0 Å². The van der Waals surface area contributed by atoms with E-state index in [9.17, 15) is 33.9 Å². The fourth-order valence-corrected chi connectivity index (χ4v) is 7.30. The summed E-state index contributed by atoms with van der Waals surface area (Å²) in [6, 6.07) is 39.7. The van der Waals surface area contributed by atoms with Gasteiger partial charge in [-0.05, 0) is 52.8 Å². The number of hydrogen-bond donors (Lipinski definition) is 6. The van der Waals surface area contributed by atoms with Crippen LogP contribution in [0.5, 0.6) is 0 Å². The van der Waals surface area contributed by atoms with Crippen LogP contribution in [0.4, 0.5) is 4.79 Å². The van der Waals surface area contributed by atoms with Gasteiger partial charge in [0.25, 0.3) is 0 Å². The van der Waals surface area contributed by atoms with E-state index in [0.29, 0.717) is 0 Å². The van der Waals surface area contributed by atoms with Crippen molar-refractivity contribution in [2.75, 3.05) is 13.2 Å². The van der Waals surface area contributed by atoms with Gasteiger partial charge in [-0.25, -0.2) is 4.79 Å². The number of amides is 5. The zero-order chi connectivity index (χ0) is 41.9. The smallest absolute Gasteiger partial charge is 0.407 e. The SMILES string of the molecule is C[C@H](NC(=O)OCC1c2ccccc2-c2ccccc21)C(=O)N[C@@H](C)C(=O)N[C@@H](CC(=O)NC(c1ccccc1)(c1ccccc1)c1ccccc1)C(=O)NCC(=O)O. The number of nitrogens with one attached hydrogen (secondary N) is 5. The van der Waals surface area contributed by atoms with Crippen LogP contribution in [0, 0.1) is 0 Å². The molecule has 0 fully saturated rings. The molecular weight excluding hydrogens is 751 g/mol. The minimum absolute atomic E-state index is 0.0368. The van der Waals surface area contributed by atoms with Crippen LogP contribution < -0.4 is 26.6 Å². The molecule has 13 heteroatoms. The molecule has 1 aliphatic carbocycles. The first-order valence-electron chi connectivity index (χ1n) is 19.2. The molecule has 0 spiro atoms. The summed E-state index contributed by atoms with van der Waals surface area (Å²) >= 11 is 0. The van der Waals surface area contributed by atoms with Crippen LogP contribution in [0.3, 0.4) is 0 Å². The van der Waals surface area contributed by atoms with Gasteiger partial charge in [-0.15, -0.1) is 0 Å². The van der Waals surface area contributed by atoms with E-state index >= 15 is 0 Å². The molecule has 0 aromatic heterocycles. The van der Waals surface area contributed by atoms with Crippen molar-refractivity contribution in [3.8, 4) is 11.1 Å². The summed E-state index contributed by atoms with van der Waals surface area (Å²) in [4.78, 5) is 78.3. The molecule has 1 aliphatic rings. The van der Waals surface area contributed by atoms with E-state index in [1.165, 1.54) is 13.8 Å². The number of hydrogen-bond acceptors (Lipinski definition) is 7. The molecule has 5 aromatic rings. The molecular formula is C46H45N5O8. The molecule has 0 aliphatic heterocycles. The standard InChI is InChI=1S/C46H45N5O8/c1-29(48-42(55)30(2)49-45(58)59-28-38-36-24-14-12-22-34(36)35-23-13-15-25-37(35)38)43(56)50-39(44(57)47-27-41(53)54)26-40(52)51-46(31-16-6-3-7-17-31,32-18-8-4-9-19-32)33-20-10-5-11-21-33/h3-25,29-30,38-39H,26-28H2,1-2H3,(H,47,57)(H,48,55)(H,49,58)(H,50,56)(H,51,52)(H,53,54)/t29-,30-,39-/m0/s1. The second-order valence-corrected chi connectivity index (χ2v) is 14.2. The maximum Gasteiger partial charge on any atom is 0.407 e. The largest absolute Gasteiger partial charge is 0.480 e. The molecule has 0 bridgehead atoms. The average molecular weight is 796 g/mol. The van der Waals surface area contributed by atoms with Crippen molar-refractivity contribution in [3.63, 3.8) is 0 Å². The minimum atomic E-state index is -1.54. The van der Waals surface area contributed by atoms with E-state index in [0.717, 1.165) is 38.9 Å². The molecule has 302 valence electrons. The summed E-state index contributed by atoms with van der Waals surface area (Å²) in [7, 11) is 0. The van der Waals surface area contributed by atoms with E-state index in [1.54, 1.807) is 0 Å². The van der Waals surface area contributed by atoms with Crippen molar-refractivity contribution in [1.29, 1.82) is 0 Å². The Morgan fingerprint density at radius 1 is 0.593 bits per heavy atom. The lowest BCUT2D eigenvalue weighted by Crippen LogP contribution is -2.57. The molecule has 6 rings (SSSR count). The minimum Gasteiger partial charge on any atom is -0.480 e. The van der Waals surface area contributed by atoms with Crippen molar-refractivity contribution >= 4 is 35.7 Å². The van der Waals surface area contributed by atoms with E-state index in [1.807, 2.05) is 140 Å². The molecule has 0 unspecified atom stereocenters. The van der Waals surface area contributed by atoms with Crippen LogP contribution in [0.25, 0.3) is 11.1 Å². The zero-order valence-electron chi connectivity index (χ0n) is 32.5. The van der Waals surface area contributed by atoms with Crippen molar-refractivity contribution < 1.29 is 38.6 Å². The zero-order valence-corrected chi connectivity index (χ0v) is 32.5. The number of carbonyl (C=O) groups is 6. The van der Waals surface area contributed by atoms with Gasteiger partial charge < -0.3 is 36.4 Å². The highest BCUT2D eigenvalue weighted by Crippen LogP contribution is 2.44. The van der Waals surface area contributed by atoms with Crippen LogP contribution in [0.2, 0.25) is 0 Å². The third kappa shape index (κ3) is 9.65. The molecule has 5 amide bonds. The number of carboxylic acids is 1. The molecule has 3 atom stereocenters. The maximum atomic E-state index is 14.1. The topological polar surface area (TPSA) is 192 Å². The summed E-state index contributed by atoms with van der Waals surface area (Å²) in [6.07, 6.45) is -1.42. The molecule has 0 saturated heterocycles. The first-order valence-corrected chi connectivity index (χ1v) is 19.2. The Bertz CT molecular complexity index is 2160. The predicted octanol–water partition coefficient (Wildman–Crippen LogP) is 4.60. The van der Waals surface area contributed by atoms with Crippen LogP contribution in [-0.4, -0.2) is 72.1 Å². The Hall–Kier alpha value is -7.28. The molecule has 0 radical (unpaired) electrons. The van der Waals surface area contributed by atoms with Crippen molar-refractivity contribution in [1.82, 2.24) is 26.6 Å². The third-order valence-corrected chi connectivity index (χ3v) is 10.2. The van der Waals surface area contributed by atoms with Gasteiger partial charge in [-0.3, -0.25) is 24.0 Å². The monoisotopic (exact) mass is 795 g/mol. The summed E-state index contributed by atoms with van der Waals surface area (Å²) < 4.78 is 5.55. The number of carboxylic acid groups (broad SMARTS) is 1. The number of carbonyl (C=O) groups excluding carboxylic acids is 5. The fourth-order valence-electron chi connectivity index (χ4n) is 7.30. The van der Waals surface area contributed by atoms with Gasteiger partial charge in [0.1, 0.15) is 36.8 Å². The molecule has 6 N–H and O–H groups in total. The second-order valence-electron chi connectivity index (χ2n) is 14.2. The Morgan fingerprint density at radius 2 is 1.03 bits per heavy atom. The van der Waals surface area contributed by atoms with Crippen LogP contribution in [0.1, 0.15) is 54.0 Å². The lowest BCUT2D eigenvalue weighted by atomic mass is 9.77. The van der Waals surface area contributed by atoms with E-state index in [2.05, 4.69) is 26.6 Å². The van der Waals surface area contributed by atoms with Gasteiger partial charge >= 0.3 is 12.1 Å². The summed E-state index contributed by atoms with van der Waals surface area (Å²) in [6.45, 7) is 2.06. The highest BCUT2D eigenvalue weighted by molar-refractivity contribution is 5.96. The van der Waals surface area contributed by atoms with E-state index < -0.39 is 72.3 Å². The molecule has 13 nitrogen and oxygen atoms in total. The number of alkyl carbamates (subject to hydrolysis) is 1. The number of aliphatic carboxylic acids is 1. The lowest BCUT2D eigenvalue weighted by Gasteiger charge is -2.37. The highest BCUT2D eigenvalue weighted by Gasteiger charge is 2.39. The Morgan fingerprint density at radius 3 is 1.53 bits per heavy atom. The first kappa shape index (κ1) is 41.4. The van der Waals surface area contributed by atoms with Crippen molar-refractivity contribution in [2.24, 2.45) is 0 Å². The lowest BCUT2D eigenvalue weighted by molar-refractivity contribution is -0.139. The van der Waals surface area contributed by atoms with E-state index in [-0.39, 0.29) is 12.5 Å². The predicted molar refractivity (Wildman–Crippen MR) is 220 cm³/mol. The highest BCUT2D eigenvalue weighted by atomic mass is 16.5. The summed E-state index contributed by atoms with van der Waals surface area (Å²) in [5, 5.41) is 22.1. The van der Waals surface area contributed by atoms with Crippen LogP contribution in [0.15, 0.2) is 140 Å². The second kappa shape index (κ2) is 18.8. The number of benzene rings is 5. The average Bonchev–Trinajstić information content (AvgIpc) is 3.57. The quantitative estimate of drug-likeness (QED) is 0.0781. The number of rotatable bonds is 16. The number of fused-ring (bicyclic) bond motifs is 3. The molecule has 0 heterocycles. The summed E-state index contributed by atoms with van der Waals surface area (Å²) in [5.74, 6) is -4.64. The normalized spacial score (nSPS) is 13.3. The maximum absolute atomic E-state index is 14.1. The Kier molecular flexibility index (Phi) is 13.2.